The number of carbonyl (C=O) groups excluding carboxylic acids is 1. The Morgan fingerprint density at radius 1 is 1.11 bits per heavy atom. The van der Waals surface area contributed by atoms with Crippen molar-refractivity contribution >= 4 is 50.0 Å². The van der Waals surface area contributed by atoms with Crippen LogP contribution in [-0.2, 0) is 21.4 Å². The molecule has 204 valence electrons. The van der Waals surface area contributed by atoms with Crippen LogP contribution in [0.5, 0.6) is 5.75 Å². The number of hydrogen-bond acceptors (Lipinski definition) is 6. The van der Waals surface area contributed by atoms with E-state index in [4.69, 9.17) is 27.9 Å². The van der Waals surface area contributed by atoms with E-state index in [1.807, 2.05) is 31.2 Å². The van der Waals surface area contributed by atoms with Crippen molar-refractivity contribution in [3.8, 4) is 5.75 Å². The van der Waals surface area contributed by atoms with E-state index in [0.29, 0.717) is 29.9 Å². The quantitative estimate of drug-likeness (QED) is 0.421. The number of halogens is 2. The van der Waals surface area contributed by atoms with Gasteiger partial charge in [-0.05, 0) is 71.0 Å². The molecule has 0 bridgehead atoms. The lowest BCUT2D eigenvalue weighted by Crippen LogP contribution is -2.56. The molecule has 38 heavy (non-hydrogen) atoms. The zero-order chi connectivity index (χ0) is 27.5. The van der Waals surface area contributed by atoms with E-state index in [1.54, 1.807) is 24.8 Å². The smallest absolute Gasteiger partial charge is 0.243 e. The molecule has 4 rings (SSSR count). The number of rotatable bonds is 7. The molecule has 11 heteroatoms. The van der Waals surface area contributed by atoms with E-state index in [9.17, 15) is 13.2 Å². The van der Waals surface area contributed by atoms with Crippen LogP contribution in [0.3, 0.4) is 0 Å². The minimum absolute atomic E-state index is 0.0602. The number of carbonyl (C=O) groups is 1. The molecule has 2 aromatic carbocycles. The van der Waals surface area contributed by atoms with Crippen molar-refractivity contribution in [1.29, 1.82) is 0 Å². The van der Waals surface area contributed by atoms with Crippen LogP contribution >= 0.6 is 23.2 Å². The minimum atomic E-state index is -4.18. The van der Waals surface area contributed by atoms with Gasteiger partial charge in [-0.3, -0.25) is 4.79 Å². The highest BCUT2D eigenvalue weighted by atomic mass is 35.5. The highest BCUT2D eigenvalue weighted by molar-refractivity contribution is 7.89. The van der Waals surface area contributed by atoms with Crippen LogP contribution in [0.15, 0.2) is 47.4 Å². The summed E-state index contributed by atoms with van der Waals surface area (Å²) in [6.07, 6.45) is 1.60. The van der Waals surface area contributed by atoms with E-state index in [0.717, 1.165) is 37.0 Å². The normalized spacial score (nSPS) is 15.2. The summed E-state index contributed by atoms with van der Waals surface area (Å²) in [7, 11) is -4.18. The van der Waals surface area contributed by atoms with E-state index >= 15 is 0 Å². The van der Waals surface area contributed by atoms with Gasteiger partial charge >= 0.3 is 0 Å². The van der Waals surface area contributed by atoms with Crippen molar-refractivity contribution in [3.05, 3.63) is 63.8 Å². The molecule has 0 unspecified atom stereocenters. The number of para-hydroxylation sites is 1. The molecule has 2 N–H and O–H groups in total. The van der Waals surface area contributed by atoms with Gasteiger partial charge in [-0.25, -0.2) is 13.4 Å². The summed E-state index contributed by atoms with van der Waals surface area (Å²) in [5, 5.41) is 4.42. The number of fused-ring (bicyclic) bond motifs is 1. The van der Waals surface area contributed by atoms with Crippen molar-refractivity contribution in [2.45, 2.75) is 50.7 Å². The maximum Gasteiger partial charge on any atom is 0.243 e. The Kier molecular flexibility index (Phi) is 8.84. The Labute approximate surface area is 233 Å². The van der Waals surface area contributed by atoms with E-state index in [-0.39, 0.29) is 27.5 Å². The third-order valence-electron chi connectivity index (χ3n) is 6.41. The number of pyridine rings is 1. The third kappa shape index (κ3) is 6.40. The molecular formula is C27H32Cl2N4O4S. The fourth-order valence-corrected chi connectivity index (χ4v) is 6.72. The number of ether oxygens (including phenoxy) is 1. The van der Waals surface area contributed by atoms with E-state index in [1.165, 1.54) is 12.1 Å². The second-order valence-corrected chi connectivity index (χ2v) is 12.3. The lowest BCUT2D eigenvalue weighted by molar-refractivity contribution is -0.136. The second kappa shape index (κ2) is 11.8. The Morgan fingerprint density at radius 2 is 1.82 bits per heavy atom. The molecule has 0 atom stereocenters. The van der Waals surface area contributed by atoms with Gasteiger partial charge in [0.05, 0.1) is 5.02 Å². The highest BCUT2D eigenvalue weighted by Crippen LogP contribution is 2.34. The molecule has 0 aliphatic carbocycles. The number of benzene rings is 2. The maximum absolute atomic E-state index is 13.5. The molecule has 1 aliphatic heterocycles. The third-order valence-corrected chi connectivity index (χ3v) is 9.01. The standard InChI is InChI=1S/C27H32Cl2N4O4S/c1-18-9-10-19-7-4-8-22(25(19)31-18)37-17-20-21(28)11-12-23(24(20)29)38(35,36)32-27(2,3)26(34)33-15-5-13-30-14-6-16-33/h4,7-12,30,32H,5-6,13-17H2,1-3H3. The molecule has 1 aliphatic rings. The second-order valence-electron chi connectivity index (χ2n) is 9.89. The first-order chi connectivity index (χ1) is 18.0. The first kappa shape index (κ1) is 28.6. The van der Waals surface area contributed by atoms with Crippen LogP contribution < -0.4 is 14.8 Å². The fraction of sp³-hybridized carbons (Fsp3) is 0.407. The number of aryl methyl sites for hydroxylation is 1. The van der Waals surface area contributed by atoms with Gasteiger partial charge in [0.25, 0.3) is 0 Å². The molecule has 0 saturated carbocycles. The highest BCUT2D eigenvalue weighted by Gasteiger charge is 2.37. The number of amides is 1. The van der Waals surface area contributed by atoms with Crippen molar-refractivity contribution in [1.82, 2.24) is 19.9 Å². The molecule has 3 aromatic rings. The van der Waals surface area contributed by atoms with Crippen LogP contribution in [0.1, 0.15) is 37.9 Å². The zero-order valence-corrected chi connectivity index (χ0v) is 24.0. The van der Waals surface area contributed by atoms with Gasteiger partial charge in [-0.15, -0.1) is 0 Å². The molecule has 1 aromatic heterocycles. The number of nitrogens with one attached hydrogen (secondary N) is 2. The van der Waals surface area contributed by atoms with Gasteiger partial charge in [0, 0.05) is 34.8 Å². The Morgan fingerprint density at radius 3 is 2.53 bits per heavy atom. The first-order valence-corrected chi connectivity index (χ1v) is 14.7. The number of nitrogens with zero attached hydrogens (tertiary/aromatic N) is 2. The Balaban J connectivity index is 1.56. The zero-order valence-electron chi connectivity index (χ0n) is 21.7. The Bertz CT molecular complexity index is 1440. The van der Waals surface area contributed by atoms with Gasteiger partial charge in [0.15, 0.2) is 0 Å². The molecule has 2 heterocycles. The average molecular weight is 580 g/mol. The predicted octanol–water partition coefficient (Wildman–Crippen LogP) is 4.70. The summed E-state index contributed by atoms with van der Waals surface area (Å²) in [4.78, 5) is 19.4. The number of hydrogen-bond donors (Lipinski definition) is 2. The number of aromatic nitrogens is 1. The van der Waals surface area contributed by atoms with Crippen LogP contribution in [0, 0.1) is 6.92 Å². The molecule has 1 saturated heterocycles. The van der Waals surface area contributed by atoms with Crippen LogP contribution in [0.2, 0.25) is 10.0 Å². The lowest BCUT2D eigenvalue weighted by atomic mass is 10.0. The van der Waals surface area contributed by atoms with Crippen molar-refractivity contribution < 1.29 is 17.9 Å². The summed E-state index contributed by atoms with van der Waals surface area (Å²) in [5.74, 6) is 0.246. The topological polar surface area (TPSA) is 101 Å². The summed E-state index contributed by atoms with van der Waals surface area (Å²) >= 11 is 13.0. The molecular weight excluding hydrogens is 547 g/mol. The average Bonchev–Trinajstić information content (AvgIpc) is 2.82. The summed E-state index contributed by atoms with van der Waals surface area (Å²) < 4.78 is 35.5. The van der Waals surface area contributed by atoms with Gasteiger partial charge < -0.3 is 15.0 Å². The van der Waals surface area contributed by atoms with Crippen molar-refractivity contribution in [2.75, 3.05) is 26.2 Å². The van der Waals surface area contributed by atoms with Crippen LogP contribution in [0.4, 0.5) is 0 Å². The maximum atomic E-state index is 13.5. The fourth-order valence-electron chi connectivity index (χ4n) is 4.46. The van der Waals surface area contributed by atoms with Crippen LogP contribution in [0.25, 0.3) is 10.9 Å². The first-order valence-electron chi connectivity index (χ1n) is 12.5. The Hall–Kier alpha value is -2.43. The largest absolute Gasteiger partial charge is 0.487 e. The predicted molar refractivity (Wildman–Crippen MR) is 150 cm³/mol. The van der Waals surface area contributed by atoms with E-state index in [2.05, 4.69) is 15.0 Å². The van der Waals surface area contributed by atoms with Crippen molar-refractivity contribution in [2.24, 2.45) is 0 Å². The SMILES string of the molecule is Cc1ccc2cccc(OCc3c(Cl)ccc(S(=O)(=O)NC(C)(C)C(=O)N4CCCNCCC4)c3Cl)c2n1. The monoisotopic (exact) mass is 578 g/mol. The van der Waals surface area contributed by atoms with Gasteiger partial charge in [0.2, 0.25) is 15.9 Å². The van der Waals surface area contributed by atoms with Gasteiger partial charge in [0.1, 0.15) is 28.3 Å². The van der Waals surface area contributed by atoms with Gasteiger partial charge in [-0.2, -0.15) is 4.72 Å². The lowest BCUT2D eigenvalue weighted by Gasteiger charge is -2.33. The summed E-state index contributed by atoms with van der Waals surface area (Å²) in [6, 6.07) is 12.2. The molecule has 8 nitrogen and oxygen atoms in total. The summed E-state index contributed by atoms with van der Waals surface area (Å²) in [6.45, 7) is 7.69. The molecule has 0 radical (unpaired) electrons. The summed E-state index contributed by atoms with van der Waals surface area (Å²) in [5.41, 5.74) is 0.470. The van der Waals surface area contributed by atoms with Crippen LogP contribution in [-0.4, -0.2) is 55.9 Å². The van der Waals surface area contributed by atoms with E-state index < -0.39 is 15.6 Å². The van der Waals surface area contributed by atoms with Crippen molar-refractivity contribution in [3.63, 3.8) is 0 Å². The van der Waals surface area contributed by atoms with Gasteiger partial charge in [-0.1, -0.05) is 41.4 Å². The molecule has 1 fully saturated rings. The minimum Gasteiger partial charge on any atom is -0.487 e. The molecule has 0 spiro atoms. The number of sulfonamides is 1. The molecule has 1 amide bonds.